The SMILES string of the molecule is Cc1cc(Cl)c(OC(=O)NC(C)C)cc1C. The maximum absolute atomic E-state index is 11.4. The molecule has 1 rings (SSSR count). The summed E-state index contributed by atoms with van der Waals surface area (Å²) in [6, 6.07) is 3.59. The fraction of sp³-hybridized carbons (Fsp3) is 0.417. The molecular weight excluding hydrogens is 226 g/mol. The molecule has 0 fully saturated rings. The minimum Gasteiger partial charge on any atom is -0.409 e. The van der Waals surface area contributed by atoms with Gasteiger partial charge in [-0.2, -0.15) is 0 Å². The van der Waals surface area contributed by atoms with E-state index in [9.17, 15) is 4.79 Å². The van der Waals surface area contributed by atoms with Crippen molar-refractivity contribution in [3.8, 4) is 5.75 Å². The van der Waals surface area contributed by atoms with Gasteiger partial charge in [0, 0.05) is 6.04 Å². The molecule has 4 heteroatoms. The first kappa shape index (κ1) is 12.8. The van der Waals surface area contributed by atoms with Crippen molar-refractivity contribution >= 4 is 17.7 Å². The van der Waals surface area contributed by atoms with Gasteiger partial charge in [-0.3, -0.25) is 0 Å². The van der Waals surface area contributed by atoms with E-state index in [1.165, 1.54) is 0 Å². The maximum Gasteiger partial charge on any atom is 0.412 e. The number of carbonyl (C=O) groups is 1. The van der Waals surface area contributed by atoms with Crippen LogP contribution < -0.4 is 10.1 Å². The van der Waals surface area contributed by atoms with Crippen LogP contribution in [-0.4, -0.2) is 12.1 Å². The Morgan fingerprint density at radius 3 is 2.44 bits per heavy atom. The van der Waals surface area contributed by atoms with Crippen LogP contribution in [0, 0.1) is 13.8 Å². The van der Waals surface area contributed by atoms with Crippen molar-refractivity contribution in [2.45, 2.75) is 33.7 Å². The summed E-state index contributed by atoms with van der Waals surface area (Å²) in [5.41, 5.74) is 2.11. The number of benzene rings is 1. The van der Waals surface area contributed by atoms with Crippen LogP contribution in [0.5, 0.6) is 5.75 Å². The number of hydrogen-bond acceptors (Lipinski definition) is 2. The highest BCUT2D eigenvalue weighted by molar-refractivity contribution is 6.32. The molecule has 0 atom stereocenters. The van der Waals surface area contributed by atoms with Gasteiger partial charge in [-0.25, -0.2) is 4.79 Å². The Kier molecular flexibility index (Phi) is 4.19. The van der Waals surface area contributed by atoms with Crippen LogP contribution in [0.4, 0.5) is 4.79 Å². The van der Waals surface area contributed by atoms with Gasteiger partial charge in [-0.15, -0.1) is 0 Å². The van der Waals surface area contributed by atoms with Crippen molar-refractivity contribution < 1.29 is 9.53 Å². The summed E-state index contributed by atoms with van der Waals surface area (Å²) in [6.45, 7) is 7.63. The lowest BCUT2D eigenvalue weighted by Gasteiger charge is -2.11. The zero-order valence-corrected chi connectivity index (χ0v) is 10.7. The molecule has 0 unspecified atom stereocenters. The van der Waals surface area contributed by atoms with Gasteiger partial charge in [-0.1, -0.05) is 11.6 Å². The van der Waals surface area contributed by atoms with E-state index in [4.69, 9.17) is 16.3 Å². The predicted molar refractivity (Wildman–Crippen MR) is 65.2 cm³/mol. The third-order valence-corrected chi connectivity index (χ3v) is 2.45. The van der Waals surface area contributed by atoms with Crippen LogP contribution in [-0.2, 0) is 0 Å². The van der Waals surface area contributed by atoms with Crippen molar-refractivity contribution in [1.82, 2.24) is 5.32 Å². The Morgan fingerprint density at radius 2 is 1.88 bits per heavy atom. The molecule has 1 amide bonds. The highest BCUT2D eigenvalue weighted by Crippen LogP contribution is 2.27. The van der Waals surface area contributed by atoms with E-state index in [2.05, 4.69) is 5.32 Å². The Bertz CT molecular complexity index is 402. The first-order valence-electron chi connectivity index (χ1n) is 5.15. The number of amides is 1. The molecule has 0 heterocycles. The van der Waals surface area contributed by atoms with Crippen LogP contribution in [0.1, 0.15) is 25.0 Å². The average molecular weight is 242 g/mol. The molecule has 0 spiro atoms. The zero-order valence-electron chi connectivity index (χ0n) is 9.93. The summed E-state index contributed by atoms with van der Waals surface area (Å²) in [5, 5.41) is 3.08. The summed E-state index contributed by atoms with van der Waals surface area (Å²) >= 11 is 5.98. The highest BCUT2D eigenvalue weighted by atomic mass is 35.5. The van der Waals surface area contributed by atoms with Crippen LogP contribution in [0.25, 0.3) is 0 Å². The molecular formula is C12H16ClNO2. The molecule has 0 bridgehead atoms. The number of hydrogen-bond donors (Lipinski definition) is 1. The molecule has 0 saturated carbocycles. The molecule has 1 aromatic rings. The number of nitrogens with one attached hydrogen (secondary N) is 1. The molecule has 1 aromatic carbocycles. The minimum absolute atomic E-state index is 0.0396. The maximum atomic E-state index is 11.4. The van der Waals surface area contributed by atoms with E-state index in [1.807, 2.05) is 27.7 Å². The zero-order chi connectivity index (χ0) is 12.3. The van der Waals surface area contributed by atoms with E-state index < -0.39 is 6.09 Å². The van der Waals surface area contributed by atoms with Crippen molar-refractivity contribution in [2.75, 3.05) is 0 Å². The smallest absolute Gasteiger partial charge is 0.409 e. The number of halogens is 1. The summed E-state index contributed by atoms with van der Waals surface area (Å²) in [7, 11) is 0. The second-order valence-corrected chi connectivity index (χ2v) is 4.46. The molecule has 0 aliphatic carbocycles. The van der Waals surface area contributed by atoms with Gasteiger partial charge in [0.25, 0.3) is 0 Å². The Labute approximate surface area is 101 Å². The van der Waals surface area contributed by atoms with Gasteiger partial charge in [0.2, 0.25) is 0 Å². The van der Waals surface area contributed by atoms with E-state index >= 15 is 0 Å². The molecule has 0 aliphatic rings. The molecule has 0 saturated heterocycles. The van der Waals surface area contributed by atoms with Gasteiger partial charge < -0.3 is 10.1 Å². The molecule has 16 heavy (non-hydrogen) atoms. The average Bonchev–Trinajstić information content (AvgIpc) is 2.12. The second-order valence-electron chi connectivity index (χ2n) is 4.06. The number of aryl methyl sites for hydroxylation is 2. The van der Waals surface area contributed by atoms with E-state index in [1.54, 1.807) is 12.1 Å². The predicted octanol–water partition coefficient (Wildman–Crippen LogP) is 3.45. The topological polar surface area (TPSA) is 38.3 Å². The number of ether oxygens (including phenoxy) is 1. The molecule has 1 N–H and O–H groups in total. The largest absolute Gasteiger partial charge is 0.412 e. The summed E-state index contributed by atoms with van der Waals surface area (Å²) in [4.78, 5) is 11.4. The first-order valence-corrected chi connectivity index (χ1v) is 5.53. The lowest BCUT2D eigenvalue weighted by Crippen LogP contribution is -2.32. The van der Waals surface area contributed by atoms with Crippen LogP contribution >= 0.6 is 11.6 Å². The molecule has 0 radical (unpaired) electrons. The van der Waals surface area contributed by atoms with Crippen molar-refractivity contribution in [3.63, 3.8) is 0 Å². The van der Waals surface area contributed by atoms with Crippen molar-refractivity contribution in [2.24, 2.45) is 0 Å². The van der Waals surface area contributed by atoms with E-state index in [-0.39, 0.29) is 6.04 Å². The normalized spacial score (nSPS) is 10.4. The van der Waals surface area contributed by atoms with Gasteiger partial charge in [0.05, 0.1) is 5.02 Å². The van der Waals surface area contributed by atoms with Crippen molar-refractivity contribution in [3.05, 3.63) is 28.3 Å². The Morgan fingerprint density at radius 1 is 1.31 bits per heavy atom. The minimum atomic E-state index is -0.486. The fourth-order valence-electron chi connectivity index (χ4n) is 1.20. The quantitative estimate of drug-likeness (QED) is 0.861. The van der Waals surface area contributed by atoms with E-state index in [0.29, 0.717) is 10.8 Å². The van der Waals surface area contributed by atoms with Gasteiger partial charge in [0.1, 0.15) is 0 Å². The lowest BCUT2D eigenvalue weighted by molar-refractivity contribution is 0.197. The summed E-state index contributed by atoms with van der Waals surface area (Å²) < 4.78 is 5.11. The molecule has 0 aliphatic heterocycles. The second kappa shape index (κ2) is 5.21. The van der Waals surface area contributed by atoms with Crippen LogP contribution in [0.2, 0.25) is 5.02 Å². The molecule has 88 valence electrons. The number of rotatable bonds is 2. The lowest BCUT2D eigenvalue weighted by atomic mass is 10.1. The third kappa shape index (κ3) is 3.42. The molecule has 0 aromatic heterocycles. The monoisotopic (exact) mass is 241 g/mol. The third-order valence-electron chi connectivity index (χ3n) is 2.16. The van der Waals surface area contributed by atoms with Gasteiger partial charge >= 0.3 is 6.09 Å². The van der Waals surface area contributed by atoms with E-state index in [0.717, 1.165) is 11.1 Å². The standard InChI is InChI=1S/C12H16ClNO2/c1-7(2)14-12(15)16-11-6-9(4)8(3)5-10(11)13/h5-7H,1-4H3,(H,14,15). The Hall–Kier alpha value is -1.22. The highest BCUT2D eigenvalue weighted by Gasteiger charge is 2.10. The van der Waals surface area contributed by atoms with Gasteiger partial charge in [0.15, 0.2) is 5.75 Å². The van der Waals surface area contributed by atoms with Crippen molar-refractivity contribution in [1.29, 1.82) is 0 Å². The molecule has 3 nitrogen and oxygen atoms in total. The van der Waals surface area contributed by atoms with Crippen LogP contribution in [0.15, 0.2) is 12.1 Å². The first-order chi connectivity index (χ1) is 7.40. The summed E-state index contributed by atoms with van der Waals surface area (Å²) in [6.07, 6.45) is -0.486. The fourth-order valence-corrected chi connectivity index (χ4v) is 1.45. The van der Waals surface area contributed by atoms with Crippen LogP contribution in [0.3, 0.4) is 0 Å². The van der Waals surface area contributed by atoms with Gasteiger partial charge in [-0.05, 0) is 51.0 Å². The Balaban J connectivity index is 2.81. The number of carbonyl (C=O) groups excluding carboxylic acids is 1. The summed E-state index contributed by atoms with van der Waals surface area (Å²) in [5.74, 6) is 0.392.